The normalized spacial score (nSPS) is 25.9. The van der Waals surface area contributed by atoms with E-state index in [0.29, 0.717) is 6.42 Å². The Morgan fingerprint density at radius 1 is 1.71 bits per heavy atom. The summed E-state index contributed by atoms with van der Waals surface area (Å²) in [6.45, 7) is 3.69. The predicted octanol–water partition coefficient (Wildman–Crippen LogP) is 1.20. The third kappa shape index (κ3) is 2.29. The van der Waals surface area contributed by atoms with Gasteiger partial charge in [-0.1, -0.05) is 19.8 Å². The van der Waals surface area contributed by atoms with Crippen LogP contribution in [0.25, 0.3) is 0 Å². The molecule has 1 fully saturated rings. The zero-order valence-electron chi connectivity index (χ0n) is 8.75. The highest BCUT2D eigenvalue weighted by molar-refractivity contribution is 6.27. The summed E-state index contributed by atoms with van der Waals surface area (Å²) < 4.78 is 0. The monoisotopic (exact) mass is 195 g/mol. The van der Waals surface area contributed by atoms with Gasteiger partial charge in [-0.15, -0.1) is 0 Å². The van der Waals surface area contributed by atoms with Crippen LogP contribution in [0.5, 0.6) is 0 Å². The molecule has 78 valence electrons. The zero-order valence-corrected chi connectivity index (χ0v) is 8.75. The molecule has 1 saturated heterocycles. The molecule has 0 aromatic carbocycles. The van der Waals surface area contributed by atoms with Crippen LogP contribution in [-0.2, 0) is 4.79 Å². The number of rotatable bonds is 5. The lowest BCUT2D eigenvalue weighted by atomic mass is 9.57. The van der Waals surface area contributed by atoms with Crippen LogP contribution in [0.1, 0.15) is 32.6 Å². The molecule has 2 N–H and O–H groups in total. The van der Waals surface area contributed by atoms with Gasteiger partial charge in [0.25, 0.3) is 0 Å². The lowest BCUT2D eigenvalue weighted by molar-refractivity contribution is -0.142. The highest BCUT2D eigenvalue weighted by atomic mass is 16.4. The molecule has 2 radical (unpaired) electrons. The fourth-order valence-electron chi connectivity index (χ4n) is 2.05. The van der Waals surface area contributed by atoms with Gasteiger partial charge < -0.3 is 10.4 Å². The van der Waals surface area contributed by atoms with Gasteiger partial charge in [0.15, 0.2) is 0 Å². The first-order valence-electron chi connectivity index (χ1n) is 5.34. The molecule has 0 saturated carbocycles. The van der Waals surface area contributed by atoms with Crippen molar-refractivity contribution in [2.75, 3.05) is 13.1 Å². The van der Waals surface area contributed by atoms with E-state index in [1.54, 1.807) is 0 Å². The van der Waals surface area contributed by atoms with E-state index >= 15 is 0 Å². The lowest BCUT2D eigenvalue weighted by Gasteiger charge is -2.31. The Morgan fingerprint density at radius 2 is 2.43 bits per heavy atom. The van der Waals surface area contributed by atoms with Gasteiger partial charge in [0.2, 0.25) is 0 Å². The molecule has 1 aliphatic rings. The van der Waals surface area contributed by atoms with Crippen molar-refractivity contribution >= 4 is 13.8 Å². The van der Waals surface area contributed by atoms with Gasteiger partial charge in [0.1, 0.15) is 0 Å². The molecule has 3 nitrogen and oxygen atoms in total. The summed E-state index contributed by atoms with van der Waals surface area (Å²) in [5, 5.41) is 11.3. The Hall–Kier alpha value is -0.505. The molecule has 0 aromatic rings. The average Bonchev–Trinajstić information content (AvgIpc) is 2.66. The molecule has 1 heterocycles. The molecule has 0 spiro atoms. The third-order valence-corrected chi connectivity index (χ3v) is 3.13. The van der Waals surface area contributed by atoms with Crippen molar-refractivity contribution in [3.05, 3.63) is 0 Å². The molecule has 0 aliphatic carbocycles. The van der Waals surface area contributed by atoms with E-state index in [4.69, 9.17) is 13.0 Å². The third-order valence-electron chi connectivity index (χ3n) is 3.13. The molecule has 0 bridgehead atoms. The highest BCUT2D eigenvalue weighted by Crippen LogP contribution is 2.41. The Balaban J connectivity index is 2.64. The van der Waals surface area contributed by atoms with Crippen molar-refractivity contribution in [1.29, 1.82) is 0 Å². The van der Waals surface area contributed by atoms with Crippen LogP contribution in [0, 0.1) is 5.92 Å². The number of carboxylic acid groups (broad SMARTS) is 1. The van der Waals surface area contributed by atoms with Crippen molar-refractivity contribution in [3.8, 4) is 0 Å². The van der Waals surface area contributed by atoms with Gasteiger partial charge in [-0.2, -0.15) is 0 Å². The summed E-state index contributed by atoms with van der Waals surface area (Å²) in [4.78, 5) is 11.2. The van der Waals surface area contributed by atoms with E-state index in [2.05, 4.69) is 12.2 Å². The van der Waals surface area contributed by atoms with Gasteiger partial charge >= 0.3 is 5.97 Å². The number of aliphatic carboxylic acids is 1. The number of hydrogen-bond donors (Lipinski definition) is 2. The molecule has 4 heteroatoms. The molecule has 0 amide bonds. The van der Waals surface area contributed by atoms with E-state index in [0.717, 1.165) is 32.4 Å². The van der Waals surface area contributed by atoms with Gasteiger partial charge in [0, 0.05) is 5.31 Å². The predicted molar refractivity (Wildman–Crippen MR) is 56.6 cm³/mol. The minimum atomic E-state index is -1.01. The first kappa shape index (κ1) is 11.6. The molecule has 14 heavy (non-hydrogen) atoms. The second-order valence-corrected chi connectivity index (χ2v) is 4.14. The Labute approximate surface area is 86.7 Å². The maximum atomic E-state index is 11.2. The van der Waals surface area contributed by atoms with Crippen LogP contribution in [-0.4, -0.2) is 32.0 Å². The van der Waals surface area contributed by atoms with Crippen molar-refractivity contribution in [2.45, 2.75) is 37.9 Å². The molecular weight excluding hydrogens is 177 g/mol. The van der Waals surface area contributed by atoms with Crippen molar-refractivity contribution in [2.24, 2.45) is 5.92 Å². The number of hydrogen-bond acceptors (Lipinski definition) is 2. The van der Waals surface area contributed by atoms with Crippen molar-refractivity contribution in [3.63, 3.8) is 0 Å². The topological polar surface area (TPSA) is 49.3 Å². The largest absolute Gasteiger partial charge is 0.481 e. The van der Waals surface area contributed by atoms with Gasteiger partial charge in [-0.3, -0.25) is 4.79 Å². The quantitative estimate of drug-likeness (QED) is 0.648. The Morgan fingerprint density at radius 3 is 2.86 bits per heavy atom. The molecule has 1 rings (SSSR count). The second-order valence-electron chi connectivity index (χ2n) is 4.14. The first-order chi connectivity index (χ1) is 6.61. The fraction of sp³-hybridized carbons (Fsp3) is 0.900. The van der Waals surface area contributed by atoms with E-state index in [-0.39, 0.29) is 5.92 Å². The minimum Gasteiger partial charge on any atom is -0.481 e. The number of nitrogens with one attached hydrogen (secondary N) is 1. The van der Waals surface area contributed by atoms with Gasteiger partial charge in [-0.25, -0.2) is 0 Å². The van der Waals surface area contributed by atoms with Crippen LogP contribution in [0.2, 0.25) is 5.31 Å². The lowest BCUT2D eigenvalue weighted by Crippen LogP contribution is -2.33. The van der Waals surface area contributed by atoms with Crippen LogP contribution < -0.4 is 5.32 Å². The highest BCUT2D eigenvalue weighted by Gasteiger charge is 2.41. The minimum absolute atomic E-state index is 0.0894. The van der Waals surface area contributed by atoms with E-state index < -0.39 is 11.3 Å². The molecule has 0 aromatic heterocycles. The smallest absolute Gasteiger partial charge is 0.300 e. The second kappa shape index (κ2) is 4.83. The SMILES string of the molecule is [B]C(CCCC)(C(=O)O)[C@H]1CCNC1. The number of unbranched alkanes of at least 4 members (excludes halogenated alkanes) is 1. The van der Waals surface area contributed by atoms with Gasteiger partial charge in [0.05, 0.1) is 7.85 Å². The summed E-state index contributed by atoms with van der Waals surface area (Å²) in [5.41, 5.74) is 0. The molecule has 1 aliphatic heterocycles. The zero-order chi connectivity index (χ0) is 10.6. The van der Waals surface area contributed by atoms with Crippen LogP contribution >= 0.6 is 0 Å². The maximum absolute atomic E-state index is 11.2. The first-order valence-corrected chi connectivity index (χ1v) is 5.34. The van der Waals surface area contributed by atoms with E-state index in [1.165, 1.54) is 0 Å². The van der Waals surface area contributed by atoms with Gasteiger partial charge in [-0.05, 0) is 31.8 Å². The fourth-order valence-corrected chi connectivity index (χ4v) is 2.05. The van der Waals surface area contributed by atoms with Crippen LogP contribution in [0.15, 0.2) is 0 Å². The molecular formula is C10H18BNO2. The molecule has 2 atom stereocenters. The number of carboxylic acids is 1. The van der Waals surface area contributed by atoms with Crippen molar-refractivity contribution in [1.82, 2.24) is 5.32 Å². The Kier molecular flexibility index (Phi) is 3.99. The summed E-state index contributed by atoms with van der Waals surface area (Å²) in [7, 11) is 5.99. The number of carbonyl (C=O) groups is 1. The summed E-state index contributed by atoms with van der Waals surface area (Å²) in [5.74, 6) is -0.758. The summed E-state index contributed by atoms with van der Waals surface area (Å²) in [6.07, 6.45) is 3.35. The van der Waals surface area contributed by atoms with E-state index in [1.807, 2.05) is 0 Å². The van der Waals surface area contributed by atoms with Crippen molar-refractivity contribution < 1.29 is 9.90 Å². The Bertz CT molecular complexity index is 204. The molecule has 1 unspecified atom stereocenters. The maximum Gasteiger partial charge on any atom is 0.300 e. The van der Waals surface area contributed by atoms with Crippen LogP contribution in [0.3, 0.4) is 0 Å². The average molecular weight is 195 g/mol. The summed E-state index contributed by atoms with van der Waals surface area (Å²) in [6, 6.07) is 0. The standard InChI is InChI=1S/C10H18BNO2/c1-2-3-5-10(11,9(13)14)8-4-6-12-7-8/h8,12H,2-7H2,1H3,(H,13,14)/t8-,10?/m0/s1. The summed E-state index contributed by atoms with van der Waals surface area (Å²) >= 11 is 0. The van der Waals surface area contributed by atoms with E-state index in [9.17, 15) is 4.79 Å². The van der Waals surface area contributed by atoms with Crippen LogP contribution in [0.4, 0.5) is 0 Å².